The van der Waals surface area contributed by atoms with Crippen LogP contribution in [-0.2, 0) is 0 Å². The molecule has 1 saturated carbocycles. The number of hydrogen-bond donors (Lipinski definition) is 2. The van der Waals surface area contributed by atoms with Crippen LogP contribution in [0, 0.1) is 22.0 Å². The van der Waals surface area contributed by atoms with E-state index in [9.17, 15) is 10.1 Å². The van der Waals surface area contributed by atoms with Crippen molar-refractivity contribution >= 4 is 17.1 Å². The number of benzene rings is 1. The summed E-state index contributed by atoms with van der Waals surface area (Å²) < 4.78 is 0. The first-order valence-electron chi connectivity index (χ1n) is 6.37. The molecule has 0 aromatic heterocycles. The molecule has 2 unspecified atom stereocenters. The number of non-ortho nitro benzene ring substituents is 1. The van der Waals surface area contributed by atoms with Gasteiger partial charge in [0.25, 0.3) is 5.69 Å². The number of hydrogen-bond acceptors (Lipinski definition) is 4. The molecule has 2 atom stereocenters. The molecule has 0 saturated heterocycles. The highest BCUT2D eigenvalue weighted by Gasteiger charge is 2.31. The van der Waals surface area contributed by atoms with Crippen molar-refractivity contribution in [2.24, 2.45) is 11.8 Å². The van der Waals surface area contributed by atoms with E-state index >= 15 is 0 Å². The largest absolute Gasteiger partial charge is 0.385 e. The normalized spacial score (nSPS) is 21.4. The van der Waals surface area contributed by atoms with Gasteiger partial charge in [-0.15, -0.1) is 0 Å². The van der Waals surface area contributed by atoms with E-state index in [4.69, 9.17) is 0 Å². The molecule has 5 nitrogen and oxygen atoms in total. The number of anilines is 2. The van der Waals surface area contributed by atoms with Crippen molar-refractivity contribution in [2.45, 2.75) is 20.3 Å². The molecule has 0 amide bonds. The van der Waals surface area contributed by atoms with Crippen LogP contribution in [0.2, 0.25) is 0 Å². The van der Waals surface area contributed by atoms with Crippen LogP contribution < -0.4 is 10.6 Å². The molecule has 0 aliphatic heterocycles. The summed E-state index contributed by atoms with van der Waals surface area (Å²) in [5, 5.41) is 17.3. The van der Waals surface area contributed by atoms with Crippen molar-refractivity contribution in [3.05, 3.63) is 28.3 Å². The highest BCUT2D eigenvalue weighted by molar-refractivity contribution is 5.63. The molecule has 0 heterocycles. The number of nitrogens with one attached hydrogen (secondary N) is 2. The van der Waals surface area contributed by atoms with Crippen LogP contribution >= 0.6 is 0 Å². The maximum Gasteiger partial charge on any atom is 0.273 e. The second-order valence-electron chi connectivity index (χ2n) is 4.91. The van der Waals surface area contributed by atoms with E-state index < -0.39 is 0 Å². The summed E-state index contributed by atoms with van der Waals surface area (Å²) in [6.07, 6.45) is 1.25. The molecule has 0 radical (unpaired) electrons. The molecule has 18 heavy (non-hydrogen) atoms. The zero-order valence-electron chi connectivity index (χ0n) is 10.8. The molecule has 1 aromatic rings. The summed E-state index contributed by atoms with van der Waals surface area (Å²) in [7, 11) is 0. The molecule has 0 bridgehead atoms. The minimum Gasteiger partial charge on any atom is -0.385 e. The molecular weight excluding hydrogens is 230 g/mol. The fourth-order valence-electron chi connectivity index (χ4n) is 2.06. The summed E-state index contributed by atoms with van der Waals surface area (Å²) >= 11 is 0. The number of nitro benzene ring substituents is 1. The fraction of sp³-hybridized carbons (Fsp3) is 0.538. The average molecular weight is 249 g/mol. The maximum absolute atomic E-state index is 10.9. The predicted octanol–water partition coefficient (Wildman–Crippen LogP) is 3.09. The Morgan fingerprint density at radius 1 is 1.33 bits per heavy atom. The van der Waals surface area contributed by atoms with Crippen LogP contribution in [0.15, 0.2) is 18.2 Å². The Morgan fingerprint density at radius 2 is 1.94 bits per heavy atom. The van der Waals surface area contributed by atoms with Gasteiger partial charge in [0.1, 0.15) is 0 Å². The van der Waals surface area contributed by atoms with E-state index in [1.807, 2.05) is 13.0 Å². The molecule has 1 aliphatic rings. The molecule has 1 aliphatic carbocycles. The number of nitro groups is 1. The van der Waals surface area contributed by atoms with Crippen molar-refractivity contribution in [1.29, 1.82) is 0 Å². The Labute approximate surface area is 107 Å². The number of rotatable bonds is 6. The second-order valence-corrected chi connectivity index (χ2v) is 4.91. The lowest BCUT2D eigenvalue weighted by atomic mass is 10.2. The quantitative estimate of drug-likeness (QED) is 0.600. The first-order chi connectivity index (χ1) is 8.60. The fourth-order valence-corrected chi connectivity index (χ4v) is 2.06. The van der Waals surface area contributed by atoms with Gasteiger partial charge in [0.2, 0.25) is 0 Å². The Balaban J connectivity index is 2.09. The highest BCUT2D eigenvalue weighted by Crippen LogP contribution is 2.37. The second kappa shape index (κ2) is 5.25. The first-order valence-corrected chi connectivity index (χ1v) is 6.37. The summed E-state index contributed by atoms with van der Waals surface area (Å²) in [6, 6.07) is 5.08. The van der Waals surface area contributed by atoms with E-state index in [2.05, 4.69) is 17.6 Å². The molecule has 2 rings (SSSR count). The predicted molar refractivity (Wildman–Crippen MR) is 73.0 cm³/mol. The van der Waals surface area contributed by atoms with Crippen molar-refractivity contribution in [2.75, 3.05) is 23.7 Å². The third kappa shape index (κ3) is 3.12. The van der Waals surface area contributed by atoms with Crippen LogP contribution in [-0.4, -0.2) is 18.0 Å². The van der Waals surface area contributed by atoms with Gasteiger partial charge in [-0.1, -0.05) is 6.92 Å². The van der Waals surface area contributed by atoms with Crippen molar-refractivity contribution in [1.82, 2.24) is 0 Å². The van der Waals surface area contributed by atoms with E-state index in [-0.39, 0.29) is 10.6 Å². The van der Waals surface area contributed by atoms with Crippen LogP contribution in [0.25, 0.3) is 0 Å². The van der Waals surface area contributed by atoms with E-state index in [1.54, 1.807) is 12.1 Å². The molecule has 98 valence electrons. The topological polar surface area (TPSA) is 67.2 Å². The summed E-state index contributed by atoms with van der Waals surface area (Å²) in [4.78, 5) is 10.5. The van der Waals surface area contributed by atoms with Gasteiger partial charge >= 0.3 is 0 Å². The summed E-state index contributed by atoms with van der Waals surface area (Å²) in [6.45, 7) is 5.84. The Morgan fingerprint density at radius 3 is 2.44 bits per heavy atom. The lowest BCUT2D eigenvalue weighted by molar-refractivity contribution is -0.384. The minimum absolute atomic E-state index is 0.125. The van der Waals surface area contributed by atoms with Gasteiger partial charge in [0.15, 0.2) is 0 Å². The summed E-state index contributed by atoms with van der Waals surface area (Å²) in [5.74, 6) is 1.50. The minimum atomic E-state index is -0.355. The highest BCUT2D eigenvalue weighted by atomic mass is 16.6. The smallest absolute Gasteiger partial charge is 0.273 e. The Hall–Kier alpha value is -1.78. The van der Waals surface area contributed by atoms with Gasteiger partial charge in [-0.3, -0.25) is 10.1 Å². The zero-order valence-corrected chi connectivity index (χ0v) is 10.8. The van der Waals surface area contributed by atoms with Gasteiger partial charge in [-0.2, -0.15) is 0 Å². The Kier molecular flexibility index (Phi) is 3.69. The maximum atomic E-state index is 10.9. The van der Waals surface area contributed by atoms with Crippen molar-refractivity contribution < 1.29 is 4.92 Å². The number of nitrogens with zero attached hydrogens (tertiary/aromatic N) is 1. The third-order valence-electron chi connectivity index (χ3n) is 3.35. The molecule has 1 fully saturated rings. The summed E-state index contributed by atoms with van der Waals surface area (Å²) in [5.41, 5.74) is 1.73. The van der Waals surface area contributed by atoms with Crippen LogP contribution in [0.5, 0.6) is 0 Å². The van der Waals surface area contributed by atoms with Gasteiger partial charge in [-0.25, -0.2) is 0 Å². The van der Waals surface area contributed by atoms with Crippen LogP contribution in [0.1, 0.15) is 20.3 Å². The lowest BCUT2D eigenvalue weighted by Gasteiger charge is -2.09. The zero-order chi connectivity index (χ0) is 13.1. The van der Waals surface area contributed by atoms with Crippen LogP contribution in [0.3, 0.4) is 0 Å². The van der Waals surface area contributed by atoms with Gasteiger partial charge in [-0.05, 0) is 31.2 Å². The average Bonchev–Trinajstić information content (AvgIpc) is 3.03. The molecule has 0 spiro atoms. The molecular formula is C13H19N3O2. The SMILES string of the molecule is CCNc1cc(NCC2CC2C)cc([N+](=O)[O-])c1. The monoisotopic (exact) mass is 249 g/mol. The van der Waals surface area contributed by atoms with Crippen molar-refractivity contribution in [3.8, 4) is 0 Å². The standard InChI is InChI=1S/C13H19N3O2/c1-3-14-11-5-12(7-13(6-11)16(17)18)15-8-10-4-9(10)2/h5-7,9-10,14-15H,3-4,8H2,1-2H3. The third-order valence-corrected chi connectivity index (χ3v) is 3.35. The molecule has 1 aromatic carbocycles. The molecule has 5 heteroatoms. The van der Waals surface area contributed by atoms with Crippen LogP contribution in [0.4, 0.5) is 17.1 Å². The van der Waals surface area contributed by atoms with E-state index in [1.165, 1.54) is 6.42 Å². The van der Waals surface area contributed by atoms with E-state index in [0.29, 0.717) is 5.92 Å². The van der Waals surface area contributed by atoms with Gasteiger partial charge < -0.3 is 10.6 Å². The van der Waals surface area contributed by atoms with Gasteiger partial charge in [0.05, 0.1) is 4.92 Å². The van der Waals surface area contributed by atoms with Crippen molar-refractivity contribution in [3.63, 3.8) is 0 Å². The Bertz CT molecular complexity index is 448. The first kappa shape index (κ1) is 12.7. The van der Waals surface area contributed by atoms with Gasteiger partial charge in [0, 0.05) is 36.6 Å². The van der Waals surface area contributed by atoms with E-state index in [0.717, 1.165) is 30.4 Å². The molecule has 2 N–H and O–H groups in total. The lowest BCUT2D eigenvalue weighted by Crippen LogP contribution is -2.06.